The Kier molecular flexibility index (Phi) is 4.86. The van der Waals surface area contributed by atoms with Gasteiger partial charge in [0.25, 0.3) is 0 Å². The highest BCUT2D eigenvalue weighted by molar-refractivity contribution is 6.05. The Hall–Kier alpha value is -3.11. The van der Waals surface area contributed by atoms with Crippen LogP contribution >= 0.6 is 0 Å². The van der Waals surface area contributed by atoms with Gasteiger partial charge in [0, 0.05) is 25.7 Å². The van der Waals surface area contributed by atoms with Gasteiger partial charge in [0.1, 0.15) is 17.4 Å². The van der Waals surface area contributed by atoms with Crippen LogP contribution in [0.4, 0.5) is 36.3 Å². The fourth-order valence-electron chi connectivity index (χ4n) is 4.48. The molecule has 0 spiro atoms. The number of amides is 1. The first kappa shape index (κ1) is 20.8. The van der Waals surface area contributed by atoms with E-state index in [1.54, 1.807) is 0 Å². The molecule has 3 aliphatic rings. The maximum absolute atomic E-state index is 12.6. The van der Waals surface area contributed by atoms with Crippen molar-refractivity contribution in [3.05, 3.63) is 29.7 Å². The first-order chi connectivity index (χ1) is 15.2. The molecule has 4 heterocycles. The third kappa shape index (κ3) is 3.59. The van der Waals surface area contributed by atoms with Crippen LogP contribution in [0.2, 0.25) is 0 Å². The number of carbonyl (C=O) groups excluding carboxylic acids is 1. The molecule has 0 saturated heterocycles. The minimum Gasteiger partial charge on any atom is -0.381 e. The van der Waals surface area contributed by atoms with Crippen LogP contribution in [0.3, 0.4) is 0 Å². The molecule has 0 aromatic carbocycles. The van der Waals surface area contributed by atoms with Gasteiger partial charge in [-0.05, 0) is 44.7 Å². The Labute approximate surface area is 183 Å². The number of hydrogen-bond acceptors (Lipinski definition) is 7. The maximum Gasteiger partial charge on any atom is 0.433 e. The first-order valence-corrected chi connectivity index (χ1v) is 10.7. The van der Waals surface area contributed by atoms with Gasteiger partial charge in [-0.1, -0.05) is 0 Å². The van der Waals surface area contributed by atoms with Crippen molar-refractivity contribution in [1.29, 1.82) is 0 Å². The largest absolute Gasteiger partial charge is 0.433 e. The third-order valence-electron chi connectivity index (χ3n) is 6.44. The van der Waals surface area contributed by atoms with Crippen molar-refractivity contribution in [1.82, 2.24) is 15.0 Å². The molecule has 0 bridgehead atoms. The van der Waals surface area contributed by atoms with Crippen LogP contribution < -0.4 is 20.4 Å². The van der Waals surface area contributed by atoms with Gasteiger partial charge in [-0.3, -0.25) is 4.79 Å². The van der Waals surface area contributed by atoms with E-state index in [0.29, 0.717) is 18.2 Å². The van der Waals surface area contributed by atoms with Gasteiger partial charge in [0.15, 0.2) is 5.82 Å². The molecule has 1 fully saturated rings. The highest BCUT2D eigenvalue weighted by Gasteiger charge is 2.39. The molecule has 5 rings (SSSR count). The highest BCUT2D eigenvalue weighted by Crippen LogP contribution is 2.40. The summed E-state index contributed by atoms with van der Waals surface area (Å²) in [5, 5.41) is 6.59. The molecule has 2 aliphatic heterocycles. The van der Waals surface area contributed by atoms with Crippen molar-refractivity contribution in [2.75, 3.05) is 34.0 Å². The summed E-state index contributed by atoms with van der Waals surface area (Å²) in [5.41, 5.74) is 1.39. The molecule has 1 aliphatic carbocycles. The van der Waals surface area contributed by atoms with E-state index in [0.717, 1.165) is 48.9 Å². The standard InChI is InChI=1S/C21H24F3N7O/c1-11-19(32)31-7-3-4-15-17(31)18(30(11)2)29-20(28-15)27-14-8-13(9-14)26-12-5-6-16(25-10-12)21(22,23)24/h5-6,10-11,13-14,26H,3-4,7-9H2,1-2H3,(H,27,28,29)/t11-,13-,14+/m0/s1. The Morgan fingerprint density at radius 3 is 2.56 bits per heavy atom. The Morgan fingerprint density at radius 1 is 1.12 bits per heavy atom. The van der Waals surface area contributed by atoms with Crippen LogP contribution in [0.25, 0.3) is 0 Å². The van der Waals surface area contributed by atoms with Crippen molar-refractivity contribution in [2.24, 2.45) is 0 Å². The number of alkyl halides is 3. The Bertz CT molecular complexity index is 1040. The molecule has 170 valence electrons. The van der Waals surface area contributed by atoms with Crippen LogP contribution in [0.1, 0.15) is 37.6 Å². The molecular weight excluding hydrogens is 423 g/mol. The summed E-state index contributed by atoms with van der Waals surface area (Å²) >= 11 is 0. The van der Waals surface area contributed by atoms with Gasteiger partial charge < -0.3 is 20.4 Å². The van der Waals surface area contributed by atoms with E-state index in [9.17, 15) is 18.0 Å². The monoisotopic (exact) mass is 447 g/mol. The molecule has 1 atom stereocenters. The summed E-state index contributed by atoms with van der Waals surface area (Å²) in [7, 11) is 1.88. The predicted octanol–water partition coefficient (Wildman–Crippen LogP) is 3.06. The molecule has 11 heteroatoms. The fraction of sp³-hybridized carbons (Fsp3) is 0.524. The van der Waals surface area contributed by atoms with E-state index in [1.165, 1.54) is 12.3 Å². The summed E-state index contributed by atoms with van der Waals surface area (Å²) in [4.78, 5) is 29.2. The van der Waals surface area contributed by atoms with E-state index in [1.807, 2.05) is 23.8 Å². The van der Waals surface area contributed by atoms with Gasteiger partial charge in [-0.25, -0.2) is 9.97 Å². The van der Waals surface area contributed by atoms with Gasteiger partial charge in [-0.2, -0.15) is 18.2 Å². The van der Waals surface area contributed by atoms with E-state index in [2.05, 4.69) is 20.6 Å². The molecule has 8 nitrogen and oxygen atoms in total. The minimum absolute atomic E-state index is 0.0796. The van der Waals surface area contributed by atoms with Gasteiger partial charge in [0.05, 0.1) is 17.6 Å². The normalized spacial score (nSPS) is 24.7. The Balaban J connectivity index is 1.24. The first-order valence-electron chi connectivity index (χ1n) is 10.7. The minimum atomic E-state index is -4.44. The molecule has 2 N–H and O–H groups in total. The number of aromatic nitrogens is 3. The number of rotatable bonds is 4. The number of halogens is 3. The van der Waals surface area contributed by atoms with E-state index in [-0.39, 0.29) is 24.0 Å². The summed E-state index contributed by atoms with van der Waals surface area (Å²) in [5.74, 6) is 1.40. The molecule has 2 aromatic rings. The summed E-state index contributed by atoms with van der Waals surface area (Å²) in [6, 6.07) is 2.41. The maximum atomic E-state index is 12.6. The number of likely N-dealkylation sites (N-methyl/N-ethyl adjacent to an activating group) is 1. The third-order valence-corrected chi connectivity index (χ3v) is 6.44. The summed E-state index contributed by atoms with van der Waals surface area (Å²) < 4.78 is 37.9. The lowest BCUT2D eigenvalue weighted by Crippen LogP contribution is -2.53. The average molecular weight is 447 g/mol. The van der Waals surface area contributed by atoms with Crippen molar-refractivity contribution in [3.63, 3.8) is 0 Å². The number of aryl methyl sites for hydroxylation is 1. The lowest BCUT2D eigenvalue weighted by Gasteiger charge is -2.42. The average Bonchev–Trinajstić information content (AvgIpc) is 2.74. The summed E-state index contributed by atoms with van der Waals surface area (Å²) in [6.45, 7) is 2.58. The van der Waals surface area contributed by atoms with Crippen LogP contribution in [0.5, 0.6) is 0 Å². The quantitative estimate of drug-likeness (QED) is 0.745. The second-order valence-electron chi connectivity index (χ2n) is 8.63. The molecule has 0 radical (unpaired) electrons. The van der Waals surface area contributed by atoms with Gasteiger partial charge in [0.2, 0.25) is 11.9 Å². The lowest BCUT2D eigenvalue weighted by molar-refractivity contribution is -0.141. The van der Waals surface area contributed by atoms with Crippen molar-refractivity contribution >= 4 is 29.0 Å². The molecule has 2 aromatic heterocycles. The molecule has 32 heavy (non-hydrogen) atoms. The summed E-state index contributed by atoms with van der Waals surface area (Å²) in [6.07, 6.45) is 0.0314. The number of pyridine rings is 1. The predicted molar refractivity (Wildman–Crippen MR) is 114 cm³/mol. The number of nitrogens with zero attached hydrogens (tertiary/aromatic N) is 5. The van der Waals surface area contributed by atoms with E-state index >= 15 is 0 Å². The smallest absolute Gasteiger partial charge is 0.381 e. The second-order valence-corrected chi connectivity index (χ2v) is 8.63. The number of hydrogen-bond donors (Lipinski definition) is 2. The van der Waals surface area contributed by atoms with Gasteiger partial charge >= 0.3 is 6.18 Å². The van der Waals surface area contributed by atoms with Crippen LogP contribution in [-0.2, 0) is 17.4 Å². The second kappa shape index (κ2) is 7.49. The molecule has 0 unspecified atom stereocenters. The lowest BCUT2D eigenvalue weighted by atomic mass is 9.86. The van der Waals surface area contributed by atoms with Gasteiger partial charge in [-0.15, -0.1) is 0 Å². The zero-order valence-electron chi connectivity index (χ0n) is 17.8. The Morgan fingerprint density at radius 2 is 1.88 bits per heavy atom. The molecular formula is C21H24F3N7O. The zero-order valence-corrected chi connectivity index (χ0v) is 17.8. The zero-order chi connectivity index (χ0) is 22.6. The number of nitrogens with one attached hydrogen (secondary N) is 2. The van der Waals surface area contributed by atoms with E-state index in [4.69, 9.17) is 4.98 Å². The van der Waals surface area contributed by atoms with Crippen LogP contribution in [0.15, 0.2) is 18.3 Å². The van der Waals surface area contributed by atoms with Crippen LogP contribution in [0, 0.1) is 0 Å². The molecule has 1 saturated carbocycles. The fourth-order valence-corrected chi connectivity index (χ4v) is 4.48. The number of anilines is 4. The highest BCUT2D eigenvalue weighted by atomic mass is 19.4. The van der Waals surface area contributed by atoms with Crippen molar-refractivity contribution in [3.8, 4) is 0 Å². The van der Waals surface area contributed by atoms with E-state index < -0.39 is 11.9 Å². The van der Waals surface area contributed by atoms with Crippen molar-refractivity contribution < 1.29 is 18.0 Å². The topological polar surface area (TPSA) is 86.3 Å². The van der Waals surface area contributed by atoms with Crippen molar-refractivity contribution in [2.45, 2.75) is 56.9 Å². The van der Waals surface area contributed by atoms with Crippen LogP contribution in [-0.4, -0.2) is 52.6 Å². The SMILES string of the molecule is C[C@H]1C(=O)N2CCCc3nc(N[C@H]4C[C@@H](Nc5ccc(C(F)(F)F)nc5)C4)nc(c32)N1C. The number of carbonyl (C=O) groups is 1. The molecule has 1 amide bonds.